The van der Waals surface area contributed by atoms with Gasteiger partial charge in [0.05, 0.1) is 38.0 Å². The maximum absolute atomic E-state index is 13.3. The Morgan fingerprint density at radius 2 is 1.36 bits per heavy atom. The molecule has 0 atom stereocenters. The Hall–Kier alpha value is -5.15. The Labute approximate surface area is 258 Å². The highest BCUT2D eigenvalue weighted by Crippen LogP contribution is 2.26. The van der Waals surface area contributed by atoms with Crippen molar-refractivity contribution < 1.29 is 30.7 Å². The fraction of sp³-hybridized carbons (Fsp3) is 0.0645. The van der Waals surface area contributed by atoms with E-state index in [4.69, 9.17) is 0 Å². The zero-order valence-electron chi connectivity index (χ0n) is 23.8. The molecular weight excluding hydrogens is 620 g/mol. The van der Waals surface area contributed by atoms with Crippen molar-refractivity contribution in [2.45, 2.75) is 23.6 Å². The van der Waals surface area contributed by atoms with Crippen LogP contribution >= 0.6 is 0 Å². The molecule has 0 fully saturated rings. The number of carbonyl (C=O) groups excluding carboxylic acids is 1. The molecule has 0 saturated heterocycles. The van der Waals surface area contributed by atoms with E-state index in [9.17, 15) is 35.5 Å². The Kier molecular flexibility index (Phi) is 8.40. The first-order valence-corrected chi connectivity index (χ1v) is 16.1. The summed E-state index contributed by atoms with van der Waals surface area (Å²) in [7, 11) is -8.77. The second-order valence-electron chi connectivity index (χ2n) is 9.93. The van der Waals surface area contributed by atoms with Gasteiger partial charge in [-0.1, -0.05) is 42.5 Å². The number of hydrogen-bond donors (Lipinski definition) is 3. The van der Waals surface area contributed by atoms with Gasteiger partial charge in [-0.3, -0.25) is 23.8 Å². The van der Waals surface area contributed by atoms with Crippen LogP contribution in [-0.4, -0.2) is 47.3 Å². The highest BCUT2D eigenvalue weighted by atomic mass is 32.2. The van der Waals surface area contributed by atoms with Crippen LogP contribution in [0, 0.1) is 6.92 Å². The summed E-state index contributed by atoms with van der Waals surface area (Å²) >= 11 is 0. The number of allylic oxidation sites excluding steroid dienone is 4. The van der Waals surface area contributed by atoms with E-state index in [1.165, 1.54) is 53.2 Å². The monoisotopic (exact) mass is 646 g/mol. The number of carbonyl (C=O) groups is 1. The first-order valence-electron chi connectivity index (χ1n) is 13.3. The molecule has 4 aromatic rings. The van der Waals surface area contributed by atoms with Crippen LogP contribution in [0.1, 0.15) is 23.7 Å². The Balaban J connectivity index is 1.47. The molecule has 3 aromatic carbocycles. The third kappa shape index (κ3) is 6.68. The molecule has 1 aliphatic heterocycles. The third-order valence-electron chi connectivity index (χ3n) is 6.92. The predicted octanol–water partition coefficient (Wildman–Crippen LogP) is 4.41. The van der Waals surface area contributed by atoms with Crippen molar-refractivity contribution in [3.8, 4) is 5.69 Å². The van der Waals surface area contributed by atoms with Gasteiger partial charge < -0.3 is 0 Å². The zero-order chi connectivity index (χ0) is 32.5. The van der Waals surface area contributed by atoms with Crippen LogP contribution in [0.25, 0.3) is 17.3 Å². The van der Waals surface area contributed by atoms with E-state index in [0.717, 1.165) is 10.6 Å². The van der Waals surface area contributed by atoms with Gasteiger partial charge in [0.1, 0.15) is 0 Å². The van der Waals surface area contributed by atoms with E-state index in [1.54, 1.807) is 38.2 Å². The minimum atomic E-state index is -4.39. The molecule has 0 aliphatic carbocycles. The van der Waals surface area contributed by atoms with Gasteiger partial charge in [0.25, 0.3) is 31.7 Å². The zero-order valence-corrected chi connectivity index (χ0v) is 25.5. The number of benzene rings is 3. The number of nitrogens with one attached hydrogen (secondary N) is 1. The molecule has 0 spiro atoms. The summed E-state index contributed by atoms with van der Waals surface area (Å²) in [5.74, 6) is -0.441. The minimum Gasteiger partial charge on any atom is -0.295 e. The number of anilines is 1. The normalized spacial score (nSPS) is 15.3. The molecule has 45 heavy (non-hydrogen) atoms. The van der Waals surface area contributed by atoms with Crippen LogP contribution in [0.4, 0.5) is 5.69 Å². The fourth-order valence-electron chi connectivity index (χ4n) is 4.57. The molecule has 0 bridgehead atoms. The van der Waals surface area contributed by atoms with Gasteiger partial charge in [-0.05, 0) is 85.7 Å². The number of aromatic amines is 1. The first-order chi connectivity index (χ1) is 21.2. The molecule has 5 rings (SSSR count). The molecule has 1 aliphatic rings. The standard InChI is InChI=1S/C31H26N4O8S2/c1-20-28(30(36)34(32-20)24-10-14-26(15-11-24)44(38,39)40)18-8-23(22-6-4-3-5-7-22)9-19-29-21(2)33-35(31(29)37)25-12-16-27(17-13-25)45(41,42)43/h3-19,32H,1-2H3,(H,38,39,40)(H,41,42,43). The highest BCUT2D eigenvalue weighted by molar-refractivity contribution is 7.86. The van der Waals surface area contributed by atoms with Crippen molar-refractivity contribution in [1.29, 1.82) is 0 Å². The van der Waals surface area contributed by atoms with Crippen molar-refractivity contribution in [1.82, 2.24) is 9.78 Å². The summed E-state index contributed by atoms with van der Waals surface area (Å²) in [5, 5.41) is 8.41. The van der Waals surface area contributed by atoms with Crippen LogP contribution in [0.2, 0.25) is 0 Å². The molecule has 3 N–H and O–H groups in total. The number of rotatable bonds is 8. The lowest BCUT2D eigenvalue weighted by Gasteiger charge is -2.11. The second kappa shape index (κ2) is 12.1. The number of hydrogen-bond acceptors (Lipinski definition) is 7. The number of hydrazone groups is 1. The van der Waals surface area contributed by atoms with E-state index in [-0.39, 0.29) is 9.79 Å². The summed E-state index contributed by atoms with van der Waals surface area (Å²) in [6, 6.07) is 19.5. The van der Waals surface area contributed by atoms with Crippen LogP contribution in [0.15, 0.2) is 122 Å². The molecule has 14 heteroatoms. The molecule has 2 heterocycles. The number of nitrogens with zero attached hydrogens (tertiary/aromatic N) is 3. The van der Waals surface area contributed by atoms with E-state index < -0.39 is 31.7 Å². The summed E-state index contributed by atoms with van der Waals surface area (Å²) in [5.41, 5.74) is 3.38. The first kappa shape index (κ1) is 31.3. The summed E-state index contributed by atoms with van der Waals surface area (Å²) < 4.78 is 65.2. The van der Waals surface area contributed by atoms with Crippen LogP contribution in [0.3, 0.4) is 0 Å². The largest absolute Gasteiger partial charge is 0.295 e. The lowest BCUT2D eigenvalue weighted by atomic mass is 10.0. The topological polar surface area (TPSA) is 179 Å². The van der Waals surface area contributed by atoms with Crippen molar-refractivity contribution in [3.63, 3.8) is 0 Å². The Morgan fingerprint density at radius 1 is 0.800 bits per heavy atom. The highest BCUT2D eigenvalue weighted by Gasteiger charge is 2.28. The van der Waals surface area contributed by atoms with E-state index in [0.29, 0.717) is 39.5 Å². The lowest BCUT2D eigenvalue weighted by molar-refractivity contribution is -0.114. The van der Waals surface area contributed by atoms with Gasteiger partial charge in [0, 0.05) is 5.69 Å². The van der Waals surface area contributed by atoms with Gasteiger partial charge in [0.15, 0.2) is 0 Å². The smallest absolute Gasteiger partial charge is 0.294 e. The van der Waals surface area contributed by atoms with E-state index in [2.05, 4.69) is 10.2 Å². The number of H-pyrrole nitrogens is 1. The molecule has 1 aromatic heterocycles. The maximum atomic E-state index is 13.3. The van der Waals surface area contributed by atoms with Gasteiger partial charge in [0.2, 0.25) is 0 Å². The fourth-order valence-corrected chi connectivity index (χ4v) is 5.53. The summed E-state index contributed by atoms with van der Waals surface area (Å²) in [6.45, 7) is 3.38. The minimum absolute atomic E-state index is 0.296. The number of amides is 1. The molecule has 1 amide bonds. The van der Waals surface area contributed by atoms with Crippen molar-refractivity contribution in [3.05, 3.63) is 130 Å². The van der Waals surface area contributed by atoms with Crippen molar-refractivity contribution in [2.75, 3.05) is 5.01 Å². The van der Waals surface area contributed by atoms with Crippen molar-refractivity contribution >= 4 is 49.2 Å². The Morgan fingerprint density at radius 3 is 1.91 bits per heavy atom. The summed E-state index contributed by atoms with van der Waals surface area (Å²) in [6.07, 6.45) is 6.69. The van der Waals surface area contributed by atoms with E-state index in [1.807, 2.05) is 30.3 Å². The van der Waals surface area contributed by atoms with E-state index >= 15 is 0 Å². The van der Waals surface area contributed by atoms with Crippen LogP contribution < -0.4 is 10.6 Å². The molecule has 12 nitrogen and oxygen atoms in total. The van der Waals surface area contributed by atoms with Gasteiger partial charge in [-0.2, -0.15) is 26.9 Å². The Bertz CT molecular complexity index is 2190. The van der Waals surface area contributed by atoms with Crippen LogP contribution in [-0.2, 0) is 25.0 Å². The molecule has 0 saturated carbocycles. The molecule has 230 valence electrons. The van der Waals surface area contributed by atoms with Gasteiger partial charge in [-0.25, -0.2) is 4.68 Å². The number of aryl methyl sites for hydroxylation is 1. The maximum Gasteiger partial charge on any atom is 0.294 e. The molecule has 0 radical (unpaired) electrons. The predicted molar refractivity (Wildman–Crippen MR) is 169 cm³/mol. The van der Waals surface area contributed by atoms with Gasteiger partial charge in [-0.15, -0.1) is 0 Å². The lowest BCUT2D eigenvalue weighted by Crippen LogP contribution is -2.21. The third-order valence-corrected chi connectivity index (χ3v) is 8.65. The average molecular weight is 647 g/mol. The number of aromatic nitrogens is 2. The van der Waals surface area contributed by atoms with Crippen molar-refractivity contribution in [2.24, 2.45) is 5.10 Å². The SMILES string of the molecule is CC1=NN(c2ccc(S(=O)(=O)O)cc2)C(=O)C1=CC=C(C=Cc1c(C)[nH]n(-c2ccc(S(=O)(=O)O)cc2)c1=O)c1ccccc1. The summed E-state index contributed by atoms with van der Waals surface area (Å²) in [4.78, 5) is 25.9. The second-order valence-corrected chi connectivity index (χ2v) is 12.8. The van der Waals surface area contributed by atoms with Gasteiger partial charge >= 0.3 is 0 Å². The average Bonchev–Trinajstić information content (AvgIpc) is 3.45. The molecular formula is C31H26N4O8S2. The van der Waals surface area contributed by atoms with Crippen LogP contribution in [0.5, 0.6) is 0 Å². The molecule has 0 unspecified atom stereocenters. The quantitative estimate of drug-likeness (QED) is 0.143.